The van der Waals surface area contributed by atoms with Crippen molar-refractivity contribution in [3.63, 3.8) is 0 Å². The van der Waals surface area contributed by atoms with Crippen LogP contribution in [-0.4, -0.2) is 66.4 Å². The first-order valence-corrected chi connectivity index (χ1v) is 8.33. The third-order valence-electron chi connectivity index (χ3n) is 3.44. The predicted octanol–water partition coefficient (Wildman–Crippen LogP) is 3.89. The SMILES string of the molecule is C=C(C)COS(=O)(=O)c1cccc2cc3ccccc3cc12.[K]. The Labute approximate surface area is 178 Å². The number of rotatable bonds is 4. The van der Waals surface area contributed by atoms with E-state index in [0.717, 1.165) is 16.2 Å². The van der Waals surface area contributed by atoms with Crippen molar-refractivity contribution in [3.05, 3.63) is 66.7 Å². The molecule has 0 heterocycles. The molecule has 1 radical (unpaired) electrons. The molecule has 0 atom stereocenters. The monoisotopic (exact) mass is 351 g/mol. The summed E-state index contributed by atoms with van der Waals surface area (Å²) in [6, 6.07) is 17.0. The van der Waals surface area contributed by atoms with Gasteiger partial charge in [-0.15, -0.1) is 0 Å². The largest absolute Gasteiger partial charge is 0.297 e. The molecule has 3 aromatic carbocycles. The summed E-state index contributed by atoms with van der Waals surface area (Å²) in [6.45, 7) is 5.39. The molecule has 0 N–H and O–H groups in total. The molecule has 0 aliphatic rings. The predicted molar refractivity (Wildman–Crippen MR) is 95.2 cm³/mol. The van der Waals surface area contributed by atoms with Crippen LogP contribution < -0.4 is 0 Å². The first kappa shape index (κ1) is 18.8. The molecule has 0 aromatic heterocycles. The fourth-order valence-corrected chi connectivity index (χ4v) is 3.57. The van der Waals surface area contributed by atoms with Gasteiger partial charge in [0.05, 0.1) is 6.61 Å². The van der Waals surface area contributed by atoms with E-state index >= 15 is 0 Å². The van der Waals surface area contributed by atoms with Crippen molar-refractivity contribution in [2.45, 2.75) is 11.8 Å². The Morgan fingerprint density at radius 1 is 1.00 bits per heavy atom. The quantitative estimate of drug-likeness (QED) is 0.310. The summed E-state index contributed by atoms with van der Waals surface area (Å²) in [5, 5.41) is 3.62. The second-order valence-corrected chi connectivity index (χ2v) is 6.93. The van der Waals surface area contributed by atoms with Gasteiger partial charge in [-0.2, -0.15) is 8.42 Å². The van der Waals surface area contributed by atoms with E-state index in [1.54, 1.807) is 19.1 Å². The van der Waals surface area contributed by atoms with Gasteiger partial charge in [0.25, 0.3) is 10.1 Å². The summed E-state index contributed by atoms with van der Waals surface area (Å²) in [6.07, 6.45) is 0. The minimum absolute atomic E-state index is 0. The standard InChI is InChI=1S/C18H16O3S.K/c1-13(2)12-21-22(19,20)18-9-5-8-16-10-14-6-3-4-7-15(14)11-17(16)18;/h3-11H,1,12H2,2H3;. The Morgan fingerprint density at radius 2 is 1.61 bits per heavy atom. The van der Waals surface area contributed by atoms with Gasteiger partial charge >= 0.3 is 0 Å². The smallest absolute Gasteiger partial charge is 0.262 e. The topological polar surface area (TPSA) is 43.4 Å². The molecule has 0 saturated carbocycles. The summed E-state index contributed by atoms with van der Waals surface area (Å²) in [5.41, 5.74) is 0.661. The van der Waals surface area contributed by atoms with Gasteiger partial charge in [0.15, 0.2) is 0 Å². The number of hydrogen-bond acceptors (Lipinski definition) is 3. The summed E-state index contributed by atoms with van der Waals surface area (Å²) in [4.78, 5) is 0.192. The van der Waals surface area contributed by atoms with Crippen LogP contribution in [0, 0.1) is 0 Å². The molecule has 0 fully saturated rings. The molecule has 5 heteroatoms. The third-order valence-corrected chi connectivity index (χ3v) is 4.76. The van der Waals surface area contributed by atoms with E-state index in [1.807, 2.05) is 42.5 Å². The third kappa shape index (κ3) is 4.11. The van der Waals surface area contributed by atoms with Crippen molar-refractivity contribution < 1.29 is 12.6 Å². The Morgan fingerprint density at radius 3 is 2.26 bits per heavy atom. The minimum Gasteiger partial charge on any atom is -0.262 e. The molecule has 0 unspecified atom stereocenters. The van der Waals surface area contributed by atoms with Crippen molar-refractivity contribution in [1.82, 2.24) is 0 Å². The molecule has 0 saturated heterocycles. The van der Waals surface area contributed by atoms with E-state index in [1.165, 1.54) is 0 Å². The molecule has 0 amide bonds. The van der Waals surface area contributed by atoms with Crippen LogP contribution in [0.4, 0.5) is 0 Å². The van der Waals surface area contributed by atoms with Crippen LogP contribution in [0.3, 0.4) is 0 Å². The van der Waals surface area contributed by atoms with Gasteiger partial charge < -0.3 is 0 Å². The van der Waals surface area contributed by atoms with Crippen molar-refractivity contribution in [2.24, 2.45) is 0 Å². The van der Waals surface area contributed by atoms with Gasteiger partial charge in [-0.25, -0.2) is 0 Å². The zero-order valence-electron chi connectivity index (χ0n) is 13.2. The van der Waals surface area contributed by atoms with E-state index < -0.39 is 10.1 Å². The minimum atomic E-state index is -3.81. The Balaban J connectivity index is 0.00000192. The molecule has 0 aliphatic carbocycles. The van der Waals surface area contributed by atoms with Crippen LogP contribution in [0.15, 0.2) is 71.6 Å². The summed E-state index contributed by atoms with van der Waals surface area (Å²) >= 11 is 0. The van der Waals surface area contributed by atoms with Crippen LogP contribution in [0.5, 0.6) is 0 Å². The maximum Gasteiger partial charge on any atom is 0.297 e. The van der Waals surface area contributed by atoms with Gasteiger partial charge in [-0.05, 0) is 41.3 Å². The maximum absolute atomic E-state index is 12.4. The van der Waals surface area contributed by atoms with Crippen LogP contribution in [0.1, 0.15) is 6.92 Å². The average molecular weight is 351 g/mol. The molecule has 0 spiro atoms. The van der Waals surface area contributed by atoms with Gasteiger partial charge in [-0.3, -0.25) is 4.18 Å². The zero-order valence-corrected chi connectivity index (χ0v) is 17.2. The van der Waals surface area contributed by atoms with E-state index in [0.29, 0.717) is 11.0 Å². The Bertz CT molecular complexity index is 978. The fourth-order valence-electron chi connectivity index (χ4n) is 2.40. The molecule has 3 rings (SSSR count). The summed E-state index contributed by atoms with van der Waals surface area (Å²) in [7, 11) is -3.81. The van der Waals surface area contributed by atoms with E-state index in [4.69, 9.17) is 4.18 Å². The van der Waals surface area contributed by atoms with Crippen LogP contribution in [-0.2, 0) is 14.3 Å². The van der Waals surface area contributed by atoms with Crippen LogP contribution >= 0.6 is 0 Å². The first-order chi connectivity index (χ1) is 10.5. The molecule has 23 heavy (non-hydrogen) atoms. The molecule has 0 aliphatic heterocycles. The first-order valence-electron chi connectivity index (χ1n) is 6.93. The van der Waals surface area contributed by atoms with Crippen molar-refractivity contribution in [2.75, 3.05) is 6.61 Å². The molecule has 3 aromatic rings. The Kier molecular flexibility index (Phi) is 6.19. The van der Waals surface area contributed by atoms with Gasteiger partial charge in [0.1, 0.15) is 4.90 Å². The number of hydrogen-bond donors (Lipinski definition) is 0. The zero-order chi connectivity index (χ0) is 15.7. The number of fused-ring (bicyclic) bond motifs is 2. The maximum atomic E-state index is 12.4. The van der Waals surface area contributed by atoms with Crippen molar-refractivity contribution >= 4 is 83.0 Å². The van der Waals surface area contributed by atoms with Crippen molar-refractivity contribution in [1.29, 1.82) is 0 Å². The fraction of sp³-hybridized carbons (Fsp3) is 0.111. The van der Waals surface area contributed by atoms with Crippen LogP contribution in [0.25, 0.3) is 21.5 Å². The molecule has 0 bridgehead atoms. The van der Waals surface area contributed by atoms with E-state index in [9.17, 15) is 8.42 Å². The molecule has 3 nitrogen and oxygen atoms in total. The summed E-state index contributed by atoms with van der Waals surface area (Å²) in [5.74, 6) is 0. The van der Waals surface area contributed by atoms with E-state index in [-0.39, 0.29) is 62.9 Å². The van der Waals surface area contributed by atoms with Gasteiger partial charge in [-0.1, -0.05) is 48.6 Å². The molecule has 113 valence electrons. The van der Waals surface area contributed by atoms with Gasteiger partial charge in [0.2, 0.25) is 0 Å². The average Bonchev–Trinajstić information content (AvgIpc) is 2.50. The van der Waals surface area contributed by atoms with Crippen molar-refractivity contribution in [3.8, 4) is 0 Å². The molecular formula is C18H16KO3S. The second kappa shape index (κ2) is 7.57. The van der Waals surface area contributed by atoms with Crippen LogP contribution in [0.2, 0.25) is 0 Å². The van der Waals surface area contributed by atoms with Gasteiger partial charge in [0, 0.05) is 56.8 Å². The molecular weight excluding hydrogens is 335 g/mol. The van der Waals surface area contributed by atoms with E-state index in [2.05, 4.69) is 6.58 Å². The normalized spacial score (nSPS) is 11.3. The number of benzene rings is 3. The summed E-state index contributed by atoms with van der Waals surface area (Å²) < 4.78 is 29.9. The Hall–Kier alpha value is -0.534. The second-order valence-electron chi connectivity index (χ2n) is 5.35.